The summed E-state index contributed by atoms with van der Waals surface area (Å²) in [5.74, 6) is -0.644. The number of hydrogen-bond donors (Lipinski definition) is 13. The van der Waals surface area contributed by atoms with Crippen molar-refractivity contribution in [3.63, 3.8) is 0 Å². The van der Waals surface area contributed by atoms with Gasteiger partial charge in [0.25, 0.3) is 11.9 Å². The third-order valence-corrected chi connectivity index (χ3v) is 9.45. The van der Waals surface area contributed by atoms with E-state index >= 15 is 0 Å². The minimum atomic E-state index is -1.93. The molecule has 20 heteroatoms. The van der Waals surface area contributed by atoms with Crippen molar-refractivity contribution in [3.05, 3.63) is 53.3 Å². The molecule has 2 aromatic rings. The van der Waals surface area contributed by atoms with Crippen molar-refractivity contribution in [3.8, 4) is 23.0 Å². The molecule has 0 aliphatic carbocycles. The second-order valence-electron chi connectivity index (χ2n) is 13.0. The molecular formula is C33H43O20+. The summed E-state index contributed by atoms with van der Waals surface area (Å²) in [6.07, 6.45) is -25.4. The van der Waals surface area contributed by atoms with E-state index in [1.54, 1.807) is 0 Å². The molecule has 16 atom stereocenters. The normalized spacial score (nSPS) is 40.1. The van der Waals surface area contributed by atoms with E-state index in [9.17, 15) is 66.4 Å². The molecule has 0 aromatic heterocycles. The first kappa shape index (κ1) is 39.3. The lowest BCUT2D eigenvalue weighted by molar-refractivity contribution is -0.364. The van der Waals surface area contributed by atoms with E-state index in [1.165, 1.54) is 36.4 Å². The highest BCUT2D eigenvalue weighted by atomic mass is 16.8. The first-order valence-electron chi connectivity index (χ1n) is 16.6. The molecule has 1 unspecified atom stereocenters. The quantitative estimate of drug-likeness (QED) is 0.101. The fourth-order valence-corrected chi connectivity index (χ4v) is 6.42. The van der Waals surface area contributed by atoms with Gasteiger partial charge < -0.3 is 99.5 Å². The van der Waals surface area contributed by atoms with Crippen LogP contribution in [-0.2, 0) is 23.7 Å². The van der Waals surface area contributed by atoms with Gasteiger partial charge in [0, 0.05) is 12.1 Å². The summed E-state index contributed by atoms with van der Waals surface area (Å²) < 4.78 is 39.3. The Morgan fingerprint density at radius 3 is 1.68 bits per heavy atom. The van der Waals surface area contributed by atoms with Crippen molar-refractivity contribution in [1.82, 2.24) is 0 Å². The molecule has 53 heavy (non-hydrogen) atoms. The summed E-state index contributed by atoms with van der Waals surface area (Å²) in [6.45, 7) is -2.35. The molecule has 20 nitrogen and oxygen atoms in total. The Morgan fingerprint density at radius 1 is 0.566 bits per heavy atom. The Kier molecular flexibility index (Phi) is 12.0. The fraction of sp³-hybridized carbons (Fsp3) is 0.576. The molecule has 2 aromatic carbocycles. The first-order valence-corrected chi connectivity index (χ1v) is 16.6. The Morgan fingerprint density at radius 2 is 1.09 bits per heavy atom. The van der Waals surface area contributed by atoms with Crippen LogP contribution in [-0.4, -0.2) is 183 Å². The van der Waals surface area contributed by atoms with Gasteiger partial charge in [-0.3, -0.25) is 0 Å². The zero-order valence-electron chi connectivity index (χ0n) is 27.6. The highest BCUT2D eigenvalue weighted by molar-refractivity contribution is 5.69. The fourth-order valence-electron chi connectivity index (χ4n) is 6.42. The monoisotopic (exact) mass is 759 g/mol. The molecule has 0 radical (unpaired) electrons. The number of phenolic OH excluding ortho intramolecular Hbond substituents is 2. The average molecular weight is 760 g/mol. The third kappa shape index (κ3) is 7.76. The molecule has 0 spiro atoms. The lowest BCUT2D eigenvalue weighted by atomic mass is 9.97. The van der Waals surface area contributed by atoms with E-state index < -0.39 is 118 Å². The van der Waals surface area contributed by atoms with E-state index in [4.69, 9.17) is 33.2 Å². The van der Waals surface area contributed by atoms with Gasteiger partial charge in [-0.1, -0.05) is 0 Å². The third-order valence-electron chi connectivity index (χ3n) is 9.45. The summed E-state index contributed by atoms with van der Waals surface area (Å²) >= 11 is 0. The highest BCUT2D eigenvalue weighted by Gasteiger charge is 2.52. The number of hydrogen-bond acceptors (Lipinski definition) is 19. The van der Waals surface area contributed by atoms with Gasteiger partial charge in [0.1, 0.15) is 90.0 Å². The molecule has 4 aliphatic rings. The molecule has 14 N–H and O–H groups in total. The molecule has 294 valence electrons. The molecule has 0 bridgehead atoms. The van der Waals surface area contributed by atoms with Crippen molar-refractivity contribution in [1.29, 1.82) is 0 Å². The van der Waals surface area contributed by atoms with Gasteiger partial charge in [-0.25, -0.2) is 0 Å². The largest absolute Gasteiger partial charge is 0.571 e. The summed E-state index contributed by atoms with van der Waals surface area (Å²) in [7, 11) is 0. The van der Waals surface area contributed by atoms with Gasteiger partial charge in [0.05, 0.1) is 31.5 Å². The van der Waals surface area contributed by atoms with Crippen LogP contribution in [0.4, 0.5) is 0 Å². The lowest BCUT2D eigenvalue weighted by Gasteiger charge is -2.46. The van der Waals surface area contributed by atoms with Gasteiger partial charge in [-0.15, -0.1) is 0 Å². The van der Waals surface area contributed by atoms with Crippen molar-refractivity contribution in [2.75, 3.05) is 19.8 Å². The number of fused-ring (bicyclic) bond motifs is 1. The van der Waals surface area contributed by atoms with Crippen molar-refractivity contribution in [2.45, 2.75) is 98.2 Å². The SMILES string of the molecule is OC[C@@H]1O[C@@H](Oc2cc(O)cc3c2C=C(O[C@@H]2O[C@@H](CO)[C@@H](O)[C@H](O)[C@@H]2O[C@@H]2O[C@H](CO)[C@@H](O)[C@H](O)[C@H]2O)C(c2ccc(O)cc2)[OH+]3)[C@@H](O)[C@@H](O)[C@@H]1O. The standard InChI is InChI=1S/C33H42O20/c34-8-18-21(39)24(42)27(45)31(50-18)48-16-6-13(38)5-15-14(16)7-17(29(47-15)11-1-3-12(37)4-2-11)49-33-30(26(44)23(41)20(10-36)52-33)53-32-28(46)25(43)22(40)19(9-35)51-32/h1-7,18-46H,8-10H2/p+1/t18-,19+,20-,21+,22+,23+,24-,25-,26-,27-,28+,29?,30-,31+,32-,33+/m0/s1. The second-order valence-corrected chi connectivity index (χ2v) is 13.0. The lowest BCUT2D eigenvalue weighted by Crippen LogP contribution is -2.64. The minimum absolute atomic E-state index is 0.0872. The van der Waals surface area contributed by atoms with Crippen LogP contribution in [0.2, 0.25) is 0 Å². The number of phenols is 2. The van der Waals surface area contributed by atoms with E-state index in [-0.39, 0.29) is 34.3 Å². The Bertz CT molecular complexity index is 1570. The molecule has 0 saturated carbocycles. The van der Waals surface area contributed by atoms with Crippen LogP contribution in [0.15, 0.2) is 42.2 Å². The molecule has 3 fully saturated rings. The predicted octanol–water partition coefficient (Wildman–Crippen LogP) is -4.75. The van der Waals surface area contributed by atoms with Crippen molar-refractivity contribution < 1.29 is 99.5 Å². The molecular weight excluding hydrogens is 716 g/mol. The number of aliphatic hydroxyl groups is 12. The van der Waals surface area contributed by atoms with Crippen LogP contribution in [0.25, 0.3) is 6.08 Å². The van der Waals surface area contributed by atoms with Crippen LogP contribution < -0.4 is 4.74 Å². The summed E-state index contributed by atoms with van der Waals surface area (Å²) in [5.41, 5.74) is 0.493. The molecule has 4 aliphatic heterocycles. The zero-order chi connectivity index (χ0) is 38.3. The maximum Gasteiger partial charge on any atom is 0.270 e. The highest BCUT2D eigenvalue weighted by Crippen LogP contribution is 2.47. The van der Waals surface area contributed by atoms with E-state index in [1.807, 2.05) is 0 Å². The van der Waals surface area contributed by atoms with Crippen molar-refractivity contribution >= 4 is 6.08 Å². The van der Waals surface area contributed by atoms with Gasteiger partial charge in [0.15, 0.2) is 18.2 Å². The summed E-state index contributed by atoms with van der Waals surface area (Å²) in [6, 6.07) is 8.10. The Labute approximate surface area is 300 Å². The Balaban J connectivity index is 1.38. The van der Waals surface area contributed by atoms with Crippen LogP contribution in [0.5, 0.6) is 23.0 Å². The predicted molar refractivity (Wildman–Crippen MR) is 170 cm³/mol. The van der Waals surface area contributed by atoms with Gasteiger partial charge >= 0.3 is 0 Å². The smallest absolute Gasteiger partial charge is 0.270 e. The van der Waals surface area contributed by atoms with E-state index in [0.717, 1.165) is 6.07 Å². The van der Waals surface area contributed by atoms with E-state index in [2.05, 4.69) is 0 Å². The Hall–Kier alpha value is -3.42. The molecule has 6 rings (SSSR count). The molecule has 3 saturated heterocycles. The first-order chi connectivity index (χ1) is 25.3. The van der Waals surface area contributed by atoms with Crippen LogP contribution >= 0.6 is 0 Å². The summed E-state index contributed by atoms with van der Waals surface area (Å²) in [4.78, 5) is 0. The summed E-state index contributed by atoms with van der Waals surface area (Å²) in [5, 5.41) is 134. The van der Waals surface area contributed by atoms with E-state index in [0.29, 0.717) is 5.56 Å². The molecule has 0 amide bonds. The van der Waals surface area contributed by atoms with Gasteiger partial charge in [0.2, 0.25) is 12.6 Å². The van der Waals surface area contributed by atoms with Crippen LogP contribution in [0.3, 0.4) is 0 Å². The molecule has 4 heterocycles. The maximum atomic E-state index is 11.2. The number of aromatic hydroxyl groups is 3. The number of benzene rings is 2. The van der Waals surface area contributed by atoms with Crippen LogP contribution in [0.1, 0.15) is 17.2 Å². The topological polar surface area (TPSA) is 331 Å². The average Bonchev–Trinajstić information content (AvgIpc) is 3.14. The minimum Gasteiger partial charge on any atom is -0.571 e. The maximum absolute atomic E-state index is 11.2. The number of aliphatic hydroxyl groups excluding tert-OH is 11. The number of ether oxygens (including phenoxy) is 7. The van der Waals surface area contributed by atoms with Gasteiger partial charge in [-0.2, -0.15) is 0 Å². The zero-order valence-corrected chi connectivity index (χ0v) is 27.6. The second kappa shape index (κ2) is 16.1. The number of rotatable bonds is 10. The van der Waals surface area contributed by atoms with Gasteiger partial charge in [-0.05, 0) is 24.3 Å². The van der Waals surface area contributed by atoms with Crippen molar-refractivity contribution in [2.24, 2.45) is 0 Å². The van der Waals surface area contributed by atoms with Crippen LogP contribution in [0, 0.1) is 0 Å².